The van der Waals surface area contributed by atoms with Crippen molar-refractivity contribution in [2.75, 3.05) is 0 Å². The van der Waals surface area contributed by atoms with Crippen molar-refractivity contribution in [3.63, 3.8) is 0 Å². The molecule has 28 heavy (non-hydrogen) atoms. The number of hydrogen-bond donors (Lipinski definition) is 0. The van der Waals surface area contributed by atoms with Crippen molar-refractivity contribution >= 4 is 33.0 Å². The molecule has 1 atom stereocenters. The minimum absolute atomic E-state index is 0.391. The number of rotatable bonds is 6. The fraction of sp³-hybridized carbons (Fsp3) is 0.0370. The molecule has 1 radical (unpaired) electrons. The van der Waals surface area contributed by atoms with Gasteiger partial charge in [0.2, 0.25) is 0 Å². The Balaban J connectivity index is 1.98. The van der Waals surface area contributed by atoms with Crippen LogP contribution in [-0.4, -0.2) is 19.8 Å². The van der Waals surface area contributed by atoms with Crippen molar-refractivity contribution in [3.05, 3.63) is 139 Å². The Morgan fingerprint density at radius 2 is 1.04 bits per heavy atom. The summed E-state index contributed by atoms with van der Waals surface area (Å²) in [6.45, 7) is 4.09. The monoisotopic (exact) mass is 467 g/mol. The molecule has 0 aliphatic heterocycles. The van der Waals surface area contributed by atoms with Gasteiger partial charge in [0.15, 0.2) is 0 Å². The second kappa shape index (κ2) is 9.07. The topological polar surface area (TPSA) is 0 Å². The third-order valence-electron chi connectivity index (χ3n) is 5.12. The van der Waals surface area contributed by atoms with Crippen LogP contribution >= 0.6 is 0 Å². The Hall–Kier alpha value is -2.58. The first kappa shape index (κ1) is 18.8. The first-order chi connectivity index (χ1) is 13.9. The van der Waals surface area contributed by atoms with Crippen molar-refractivity contribution in [3.8, 4) is 0 Å². The third-order valence-corrected chi connectivity index (χ3v) is 14.1. The summed E-state index contributed by atoms with van der Waals surface area (Å²) in [6.07, 6.45) is 2.00. The Bertz CT molecular complexity index is 984. The molecule has 0 aliphatic rings. The van der Waals surface area contributed by atoms with Gasteiger partial charge in [0, 0.05) is 0 Å². The molecule has 135 valence electrons. The van der Waals surface area contributed by atoms with E-state index in [-0.39, 0.29) is 0 Å². The standard InChI is InChI=1S/C15H13.2C6H5.Sn/c1-2-14-10-6-7-11-15(14)12-13-8-4-3-5-9-13;2*1-2-4-6-5-3-1;/h2-12H,1H2;2*1-5H;. The second-order valence-electron chi connectivity index (χ2n) is 6.82. The Kier molecular flexibility index (Phi) is 6.08. The third kappa shape index (κ3) is 3.97. The fourth-order valence-corrected chi connectivity index (χ4v) is 13.0. The predicted molar refractivity (Wildman–Crippen MR) is 123 cm³/mol. The van der Waals surface area contributed by atoms with E-state index in [2.05, 4.69) is 122 Å². The van der Waals surface area contributed by atoms with Gasteiger partial charge in [-0.3, -0.25) is 0 Å². The van der Waals surface area contributed by atoms with Gasteiger partial charge in [0.25, 0.3) is 0 Å². The average Bonchev–Trinajstić information content (AvgIpc) is 2.79. The van der Waals surface area contributed by atoms with E-state index >= 15 is 0 Å². The van der Waals surface area contributed by atoms with Gasteiger partial charge in [0.05, 0.1) is 0 Å². The molecule has 0 bridgehead atoms. The minimum atomic E-state index is -2.37. The number of hydrogen-bond acceptors (Lipinski definition) is 0. The molecule has 0 aliphatic carbocycles. The summed E-state index contributed by atoms with van der Waals surface area (Å²) in [6, 6.07) is 42.0. The van der Waals surface area contributed by atoms with Gasteiger partial charge < -0.3 is 0 Å². The van der Waals surface area contributed by atoms with Gasteiger partial charge in [-0.2, -0.15) is 0 Å². The zero-order valence-corrected chi connectivity index (χ0v) is 18.7. The van der Waals surface area contributed by atoms with Crippen LogP contribution in [-0.2, 0) is 0 Å². The molecule has 0 amide bonds. The zero-order valence-electron chi connectivity index (χ0n) is 15.8. The van der Waals surface area contributed by atoms with Gasteiger partial charge in [-0.25, -0.2) is 0 Å². The van der Waals surface area contributed by atoms with Crippen molar-refractivity contribution < 1.29 is 0 Å². The van der Waals surface area contributed by atoms with Gasteiger partial charge >= 0.3 is 175 Å². The van der Waals surface area contributed by atoms with Crippen LogP contribution in [0.15, 0.2) is 122 Å². The van der Waals surface area contributed by atoms with E-state index in [1.54, 1.807) is 0 Å². The van der Waals surface area contributed by atoms with Gasteiger partial charge in [0.1, 0.15) is 0 Å². The van der Waals surface area contributed by atoms with Crippen LogP contribution in [0.4, 0.5) is 0 Å². The van der Waals surface area contributed by atoms with Gasteiger partial charge in [-0.15, -0.1) is 0 Å². The van der Waals surface area contributed by atoms with E-state index in [0.29, 0.717) is 3.93 Å². The zero-order chi connectivity index (χ0) is 19.2. The molecule has 0 saturated heterocycles. The summed E-state index contributed by atoms with van der Waals surface area (Å²) in [5.41, 5.74) is 4.03. The molecule has 4 aromatic carbocycles. The van der Waals surface area contributed by atoms with Crippen molar-refractivity contribution in [2.45, 2.75) is 3.93 Å². The summed E-state index contributed by atoms with van der Waals surface area (Å²) in [7, 11) is 0. The molecule has 0 fully saturated rings. The number of benzene rings is 4. The molecular weight excluding hydrogens is 443 g/mol. The van der Waals surface area contributed by atoms with E-state index in [0.717, 1.165) is 0 Å². The van der Waals surface area contributed by atoms with Crippen molar-refractivity contribution in [2.24, 2.45) is 0 Å². The first-order valence-electron chi connectivity index (χ1n) is 9.62. The predicted octanol–water partition coefficient (Wildman–Crippen LogP) is 5.31. The van der Waals surface area contributed by atoms with Crippen LogP contribution in [0, 0.1) is 0 Å². The molecule has 0 spiro atoms. The Morgan fingerprint density at radius 3 is 1.57 bits per heavy atom. The molecule has 0 aromatic heterocycles. The summed E-state index contributed by atoms with van der Waals surface area (Å²) in [5.74, 6) is 0. The molecule has 1 heteroatoms. The molecule has 0 heterocycles. The maximum atomic E-state index is 4.09. The van der Waals surface area contributed by atoms with Crippen molar-refractivity contribution in [1.29, 1.82) is 0 Å². The normalized spacial score (nSPS) is 11.9. The molecule has 1 unspecified atom stereocenters. The molecule has 4 rings (SSSR count). The van der Waals surface area contributed by atoms with Crippen molar-refractivity contribution in [1.82, 2.24) is 0 Å². The average molecular weight is 466 g/mol. The van der Waals surface area contributed by atoms with Crippen LogP contribution in [0.5, 0.6) is 0 Å². The fourth-order valence-electron chi connectivity index (χ4n) is 3.84. The molecule has 0 saturated carbocycles. The van der Waals surface area contributed by atoms with Gasteiger partial charge in [-0.05, 0) is 0 Å². The SMILES string of the molecule is C=Cc1ccccc1[CH](c1ccccc1)[Sn]([c]1ccccc1)[c]1ccccc1. The molecule has 0 nitrogen and oxygen atoms in total. The molecular formula is C27H23Sn. The van der Waals surface area contributed by atoms with Crippen LogP contribution in [0.1, 0.15) is 20.6 Å². The van der Waals surface area contributed by atoms with Crippen LogP contribution in [0.25, 0.3) is 6.08 Å². The second-order valence-corrected chi connectivity index (χ2v) is 14.1. The van der Waals surface area contributed by atoms with Crippen LogP contribution < -0.4 is 7.16 Å². The Morgan fingerprint density at radius 1 is 0.571 bits per heavy atom. The Labute approximate surface area is 174 Å². The van der Waals surface area contributed by atoms with Crippen LogP contribution in [0.2, 0.25) is 0 Å². The molecule has 4 aromatic rings. The quantitative estimate of drug-likeness (QED) is 0.338. The van der Waals surface area contributed by atoms with E-state index in [1.165, 1.54) is 23.8 Å². The first-order valence-corrected chi connectivity index (χ1v) is 14.1. The van der Waals surface area contributed by atoms with E-state index in [4.69, 9.17) is 0 Å². The van der Waals surface area contributed by atoms with Gasteiger partial charge in [-0.1, -0.05) is 0 Å². The summed E-state index contributed by atoms with van der Waals surface area (Å²) in [4.78, 5) is 0. The van der Waals surface area contributed by atoms with E-state index < -0.39 is 19.8 Å². The summed E-state index contributed by atoms with van der Waals surface area (Å²) < 4.78 is 3.43. The molecule has 0 N–H and O–H groups in total. The van der Waals surface area contributed by atoms with E-state index in [1.807, 2.05) is 6.08 Å². The summed E-state index contributed by atoms with van der Waals surface area (Å²) >= 11 is -2.37. The maximum absolute atomic E-state index is 4.09. The summed E-state index contributed by atoms with van der Waals surface area (Å²) in [5, 5.41) is 0. The van der Waals surface area contributed by atoms with E-state index in [9.17, 15) is 0 Å². The van der Waals surface area contributed by atoms with Crippen LogP contribution in [0.3, 0.4) is 0 Å².